The van der Waals surface area contributed by atoms with Gasteiger partial charge in [0, 0.05) is 12.6 Å². The lowest BCUT2D eigenvalue weighted by Gasteiger charge is -2.26. The average molecular weight is 242 g/mol. The molecule has 1 fully saturated rings. The molecule has 0 aromatic heterocycles. The number of esters is 1. The van der Waals surface area contributed by atoms with Crippen molar-refractivity contribution in [3.8, 4) is 0 Å². The van der Waals surface area contributed by atoms with Gasteiger partial charge in [0.15, 0.2) is 0 Å². The largest absolute Gasteiger partial charge is 0.465 e. The van der Waals surface area contributed by atoms with E-state index in [-0.39, 0.29) is 12.0 Å². The van der Waals surface area contributed by atoms with E-state index in [9.17, 15) is 4.79 Å². The summed E-state index contributed by atoms with van der Waals surface area (Å²) in [4.78, 5) is 14.2. The van der Waals surface area contributed by atoms with Crippen LogP contribution in [0.3, 0.4) is 0 Å². The maximum atomic E-state index is 11.8. The lowest BCUT2D eigenvalue weighted by Crippen LogP contribution is -2.48. The molecule has 17 heavy (non-hydrogen) atoms. The van der Waals surface area contributed by atoms with Crippen LogP contribution in [0.5, 0.6) is 0 Å². The Labute approximate surface area is 105 Å². The Balaban J connectivity index is 2.46. The predicted octanol–water partition coefficient (Wildman–Crippen LogP) is 1.40. The Morgan fingerprint density at radius 3 is 2.82 bits per heavy atom. The molecular weight excluding hydrogens is 216 g/mol. The fourth-order valence-electron chi connectivity index (χ4n) is 2.28. The first kappa shape index (κ1) is 14.5. The summed E-state index contributed by atoms with van der Waals surface area (Å²) in [6.45, 7) is 9.39. The summed E-state index contributed by atoms with van der Waals surface area (Å²) in [5, 5.41) is 3.29. The van der Waals surface area contributed by atoms with Gasteiger partial charge in [-0.2, -0.15) is 0 Å². The number of likely N-dealkylation sites (tertiary alicyclic amines) is 1. The van der Waals surface area contributed by atoms with Crippen molar-refractivity contribution in [1.82, 2.24) is 10.2 Å². The minimum Gasteiger partial charge on any atom is -0.465 e. The van der Waals surface area contributed by atoms with E-state index in [2.05, 4.69) is 24.1 Å². The van der Waals surface area contributed by atoms with Crippen molar-refractivity contribution in [1.29, 1.82) is 0 Å². The molecule has 2 unspecified atom stereocenters. The first-order chi connectivity index (χ1) is 8.19. The molecule has 0 radical (unpaired) electrons. The van der Waals surface area contributed by atoms with Gasteiger partial charge >= 0.3 is 5.97 Å². The zero-order valence-corrected chi connectivity index (χ0v) is 11.4. The van der Waals surface area contributed by atoms with Crippen molar-refractivity contribution >= 4 is 5.97 Å². The molecule has 0 spiro atoms. The molecule has 0 aliphatic carbocycles. The van der Waals surface area contributed by atoms with Crippen LogP contribution >= 0.6 is 0 Å². The van der Waals surface area contributed by atoms with E-state index in [0.717, 1.165) is 26.1 Å². The summed E-state index contributed by atoms with van der Waals surface area (Å²) in [6, 6.07) is 0.422. The van der Waals surface area contributed by atoms with Crippen LogP contribution < -0.4 is 5.32 Å². The molecule has 1 rings (SSSR count). The van der Waals surface area contributed by atoms with Gasteiger partial charge in [-0.05, 0) is 46.2 Å². The Morgan fingerprint density at radius 2 is 2.29 bits per heavy atom. The summed E-state index contributed by atoms with van der Waals surface area (Å²) >= 11 is 0. The molecule has 1 aliphatic heterocycles. The summed E-state index contributed by atoms with van der Waals surface area (Å²) in [7, 11) is 0. The molecule has 100 valence electrons. The van der Waals surface area contributed by atoms with Gasteiger partial charge < -0.3 is 10.1 Å². The van der Waals surface area contributed by atoms with Gasteiger partial charge in [-0.1, -0.05) is 6.92 Å². The zero-order valence-electron chi connectivity index (χ0n) is 11.4. The van der Waals surface area contributed by atoms with Gasteiger partial charge in [-0.25, -0.2) is 0 Å². The number of hydrogen-bond donors (Lipinski definition) is 1. The molecule has 0 aromatic carbocycles. The van der Waals surface area contributed by atoms with Crippen LogP contribution in [-0.2, 0) is 9.53 Å². The third-order valence-electron chi connectivity index (χ3n) is 3.32. The van der Waals surface area contributed by atoms with Crippen molar-refractivity contribution in [3.05, 3.63) is 0 Å². The molecule has 0 aromatic rings. The minimum atomic E-state index is -0.171. The predicted molar refractivity (Wildman–Crippen MR) is 69.0 cm³/mol. The summed E-state index contributed by atoms with van der Waals surface area (Å²) in [5.74, 6) is -0.111. The lowest BCUT2D eigenvalue weighted by molar-refractivity contribution is -0.146. The second kappa shape index (κ2) is 7.67. The SMILES string of the molecule is CCCNC(CN1CCCC1C)C(=O)OCC. The summed E-state index contributed by atoms with van der Waals surface area (Å²) < 4.78 is 5.12. The van der Waals surface area contributed by atoms with Crippen molar-refractivity contribution < 1.29 is 9.53 Å². The molecule has 1 N–H and O–H groups in total. The van der Waals surface area contributed by atoms with Gasteiger partial charge in [-0.15, -0.1) is 0 Å². The highest BCUT2D eigenvalue weighted by atomic mass is 16.5. The van der Waals surface area contributed by atoms with Crippen LogP contribution in [0.25, 0.3) is 0 Å². The number of carbonyl (C=O) groups is 1. The van der Waals surface area contributed by atoms with Gasteiger partial charge in [0.1, 0.15) is 6.04 Å². The topological polar surface area (TPSA) is 41.6 Å². The molecule has 0 saturated carbocycles. The van der Waals surface area contributed by atoms with Gasteiger partial charge in [0.25, 0.3) is 0 Å². The Hall–Kier alpha value is -0.610. The van der Waals surface area contributed by atoms with Crippen molar-refractivity contribution in [2.75, 3.05) is 26.2 Å². The van der Waals surface area contributed by atoms with Crippen molar-refractivity contribution in [3.63, 3.8) is 0 Å². The second-order valence-corrected chi connectivity index (χ2v) is 4.74. The van der Waals surface area contributed by atoms with Crippen LogP contribution in [0.2, 0.25) is 0 Å². The number of nitrogens with one attached hydrogen (secondary N) is 1. The van der Waals surface area contributed by atoms with E-state index in [4.69, 9.17) is 4.74 Å². The van der Waals surface area contributed by atoms with Crippen LogP contribution in [0, 0.1) is 0 Å². The number of carbonyl (C=O) groups excluding carboxylic acids is 1. The monoisotopic (exact) mass is 242 g/mol. The quantitative estimate of drug-likeness (QED) is 0.685. The Morgan fingerprint density at radius 1 is 1.53 bits per heavy atom. The fourth-order valence-corrected chi connectivity index (χ4v) is 2.28. The second-order valence-electron chi connectivity index (χ2n) is 4.74. The molecule has 4 nitrogen and oxygen atoms in total. The summed E-state index contributed by atoms with van der Waals surface area (Å²) in [6.07, 6.45) is 3.51. The molecule has 4 heteroatoms. The van der Waals surface area contributed by atoms with Gasteiger partial charge in [0.05, 0.1) is 6.61 Å². The third kappa shape index (κ3) is 4.64. The van der Waals surface area contributed by atoms with Crippen LogP contribution in [0.4, 0.5) is 0 Å². The fraction of sp³-hybridized carbons (Fsp3) is 0.923. The third-order valence-corrected chi connectivity index (χ3v) is 3.32. The molecule has 1 aliphatic rings. The molecule has 2 atom stereocenters. The standard InChI is InChI=1S/C13H26N2O2/c1-4-8-14-12(13(16)17-5-2)10-15-9-6-7-11(15)3/h11-12,14H,4-10H2,1-3H3. The van der Waals surface area contributed by atoms with E-state index in [0.29, 0.717) is 12.6 Å². The molecular formula is C13H26N2O2. The highest BCUT2D eigenvalue weighted by Crippen LogP contribution is 2.16. The van der Waals surface area contributed by atoms with E-state index in [1.807, 2.05) is 6.92 Å². The Bertz CT molecular complexity index is 233. The molecule has 0 amide bonds. The van der Waals surface area contributed by atoms with Crippen molar-refractivity contribution in [2.24, 2.45) is 0 Å². The first-order valence-corrected chi connectivity index (χ1v) is 6.83. The number of rotatable bonds is 7. The lowest BCUT2D eigenvalue weighted by atomic mass is 10.2. The van der Waals surface area contributed by atoms with Crippen LogP contribution in [0.15, 0.2) is 0 Å². The van der Waals surface area contributed by atoms with Crippen LogP contribution in [-0.4, -0.2) is 49.2 Å². The normalized spacial score (nSPS) is 22.6. The molecule has 0 bridgehead atoms. The molecule has 1 saturated heterocycles. The zero-order chi connectivity index (χ0) is 12.7. The van der Waals surface area contributed by atoms with E-state index >= 15 is 0 Å². The smallest absolute Gasteiger partial charge is 0.324 e. The highest BCUT2D eigenvalue weighted by Gasteiger charge is 2.27. The number of nitrogens with zero attached hydrogens (tertiary/aromatic N) is 1. The van der Waals surface area contributed by atoms with Gasteiger partial charge in [-0.3, -0.25) is 9.69 Å². The maximum Gasteiger partial charge on any atom is 0.324 e. The first-order valence-electron chi connectivity index (χ1n) is 6.83. The minimum absolute atomic E-state index is 0.111. The van der Waals surface area contributed by atoms with Crippen molar-refractivity contribution in [2.45, 2.75) is 52.1 Å². The molecule has 1 heterocycles. The number of ether oxygens (including phenoxy) is 1. The van der Waals surface area contributed by atoms with E-state index in [1.165, 1.54) is 12.8 Å². The Kier molecular flexibility index (Phi) is 6.52. The van der Waals surface area contributed by atoms with E-state index < -0.39 is 0 Å². The highest BCUT2D eigenvalue weighted by molar-refractivity contribution is 5.76. The number of hydrogen-bond acceptors (Lipinski definition) is 4. The maximum absolute atomic E-state index is 11.8. The average Bonchev–Trinajstić information content (AvgIpc) is 2.70. The summed E-state index contributed by atoms with van der Waals surface area (Å²) in [5.41, 5.74) is 0. The van der Waals surface area contributed by atoms with Gasteiger partial charge in [0.2, 0.25) is 0 Å². The van der Waals surface area contributed by atoms with Crippen LogP contribution in [0.1, 0.15) is 40.0 Å². The van der Waals surface area contributed by atoms with E-state index in [1.54, 1.807) is 0 Å².